The molecule has 2 aromatic heterocycles. The average Bonchev–Trinajstić information content (AvgIpc) is 3.25. The third-order valence-corrected chi connectivity index (χ3v) is 4.45. The lowest BCUT2D eigenvalue weighted by Gasteiger charge is -2.06. The molecule has 126 valence electrons. The molecule has 0 radical (unpaired) electrons. The summed E-state index contributed by atoms with van der Waals surface area (Å²) < 4.78 is 7.10. The van der Waals surface area contributed by atoms with Crippen molar-refractivity contribution >= 4 is 23.4 Å². The van der Waals surface area contributed by atoms with E-state index in [-0.39, 0.29) is 11.7 Å². The molecule has 0 saturated heterocycles. The second kappa shape index (κ2) is 7.68. The SMILES string of the molecule is Cn1c(SCC(=O)Nc2ccc(CC#N)cc2)nnc1-c1ccco1. The Bertz CT molecular complexity index is 894. The van der Waals surface area contributed by atoms with Crippen LogP contribution in [-0.2, 0) is 18.3 Å². The molecule has 0 saturated carbocycles. The highest BCUT2D eigenvalue weighted by Crippen LogP contribution is 2.23. The van der Waals surface area contributed by atoms with Crippen molar-refractivity contribution in [3.63, 3.8) is 0 Å². The summed E-state index contributed by atoms with van der Waals surface area (Å²) in [6, 6.07) is 12.9. The first-order valence-electron chi connectivity index (χ1n) is 7.49. The van der Waals surface area contributed by atoms with Crippen LogP contribution in [0.25, 0.3) is 11.6 Å². The first kappa shape index (κ1) is 16.8. The molecule has 0 fully saturated rings. The van der Waals surface area contributed by atoms with Crippen molar-refractivity contribution < 1.29 is 9.21 Å². The van der Waals surface area contributed by atoms with Crippen LogP contribution in [0.15, 0.2) is 52.2 Å². The number of carbonyl (C=O) groups is 1. The molecule has 7 nitrogen and oxygen atoms in total. The Balaban J connectivity index is 1.57. The van der Waals surface area contributed by atoms with Crippen LogP contribution >= 0.6 is 11.8 Å². The van der Waals surface area contributed by atoms with Crippen LogP contribution in [0, 0.1) is 11.3 Å². The molecule has 1 aromatic carbocycles. The van der Waals surface area contributed by atoms with Gasteiger partial charge >= 0.3 is 0 Å². The number of nitrogens with zero attached hydrogens (tertiary/aromatic N) is 4. The van der Waals surface area contributed by atoms with Gasteiger partial charge in [-0.25, -0.2) is 0 Å². The maximum absolute atomic E-state index is 12.1. The number of benzene rings is 1. The maximum atomic E-state index is 12.1. The monoisotopic (exact) mass is 353 g/mol. The molecule has 0 aliphatic rings. The molecule has 1 N–H and O–H groups in total. The van der Waals surface area contributed by atoms with E-state index < -0.39 is 0 Å². The van der Waals surface area contributed by atoms with Crippen LogP contribution in [-0.4, -0.2) is 26.4 Å². The summed E-state index contributed by atoms with van der Waals surface area (Å²) in [4.78, 5) is 12.1. The van der Waals surface area contributed by atoms with Gasteiger partial charge in [0, 0.05) is 12.7 Å². The Morgan fingerprint density at radius 2 is 2.12 bits per heavy atom. The zero-order valence-electron chi connectivity index (χ0n) is 13.5. The molecule has 8 heteroatoms. The highest BCUT2D eigenvalue weighted by Gasteiger charge is 2.14. The predicted octanol–water partition coefficient (Wildman–Crippen LogP) is 2.87. The van der Waals surface area contributed by atoms with Gasteiger partial charge in [-0.05, 0) is 29.8 Å². The van der Waals surface area contributed by atoms with Crippen molar-refractivity contribution in [1.29, 1.82) is 5.26 Å². The summed E-state index contributed by atoms with van der Waals surface area (Å²) in [5.74, 6) is 1.31. The fourth-order valence-electron chi connectivity index (χ4n) is 2.19. The lowest BCUT2D eigenvalue weighted by atomic mass is 10.1. The number of carbonyl (C=O) groups excluding carboxylic acids is 1. The van der Waals surface area contributed by atoms with Gasteiger partial charge in [0.05, 0.1) is 24.5 Å². The number of hydrogen-bond acceptors (Lipinski definition) is 6. The Morgan fingerprint density at radius 3 is 2.80 bits per heavy atom. The zero-order valence-corrected chi connectivity index (χ0v) is 14.3. The van der Waals surface area contributed by atoms with Gasteiger partial charge in [-0.15, -0.1) is 10.2 Å². The molecule has 0 aliphatic carbocycles. The van der Waals surface area contributed by atoms with E-state index in [0.717, 1.165) is 5.56 Å². The molecule has 0 unspecified atom stereocenters. The Morgan fingerprint density at radius 1 is 1.32 bits per heavy atom. The van der Waals surface area contributed by atoms with Crippen molar-refractivity contribution in [3.8, 4) is 17.7 Å². The van der Waals surface area contributed by atoms with Crippen LogP contribution in [0.1, 0.15) is 5.56 Å². The molecule has 0 atom stereocenters. The number of nitrogens with one attached hydrogen (secondary N) is 1. The largest absolute Gasteiger partial charge is 0.461 e. The van der Waals surface area contributed by atoms with Gasteiger partial charge in [0.1, 0.15) is 0 Å². The molecule has 25 heavy (non-hydrogen) atoms. The number of hydrogen-bond donors (Lipinski definition) is 1. The van der Waals surface area contributed by atoms with E-state index in [1.165, 1.54) is 11.8 Å². The van der Waals surface area contributed by atoms with Crippen LogP contribution in [0.2, 0.25) is 0 Å². The average molecular weight is 353 g/mol. The predicted molar refractivity (Wildman–Crippen MR) is 93.8 cm³/mol. The Hall–Kier alpha value is -3.05. The summed E-state index contributed by atoms with van der Waals surface area (Å²) in [6.07, 6.45) is 1.93. The minimum Gasteiger partial charge on any atom is -0.461 e. The normalized spacial score (nSPS) is 10.4. The number of aromatic nitrogens is 3. The van der Waals surface area contributed by atoms with Crippen LogP contribution < -0.4 is 5.32 Å². The second-order valence-corrected chi connectivity index (χ2v) is 6.15. The summed E-state index contributed by atoms with van der Waals surface area (Å²) in [5, 5.41) is 20.3. The van der Waals surface area contributed by atoms with E-state index in [0.29, 0.717) is 28.8 Å². The molecule has 3 aromatic rings. The lowest BCUT2D eigenvalue weighted by Crippen LogP contribution is -2.14. The summed E-state index contributed by atoms with van der Waals surface area (Å²) in [6.45, 7) is 0. The van der Waals surface area contributed by atoms with Gasteiger partial charge < -0.3 is 14.3 Å². The zero-order chi connectivity index (χ0) is 17.6. The molecule has 0 spiro atoms. The Kier molecular flexibility index (Phi) is 5.16. The number of rotatable bonds is 6. The van der Waals surface area contributed by atoms with Crippen LogP contribution in [0.5, 0.6) is 0 Å². The number of furan rings is 1. The van der Waals surface area contributed by atoms with E-state index >= 15 is 0 Å². The van der Waals surface area contributed by atoms with Gasteiger partial charge in [0.15, 0.2) is 16.7 Å². The topological polar surface area (TPSA) is 96.7 Å². The third kappa shape index (κ3) is 4.08. The van der Waals surface area contributed by atoms with E-state index in [1.807, 2.05) is 19.2 Å². The lowest BCUT2D eigenvalue weighted by molar-refractivity contribution is -0.113. The molecule has 1 amide bonds. The Labute approximate surface area is 148 Å². The summed E-state index contributed by atoms with van der Waals surface area (Å²) in [7, 11) is 1.83. The fourth-order valence-corrected chi connectivity index (χ4v) is 2.90. The van der Waals surface area contributed by atoms with E-state index in [4.69, 9.17) is 9.68 Å². The third-order valence-electron chi connectivity index (χ3n) is 3.43. The standard InChI is InChI=1S/C17H15N5O2S/c1-22-16(14-3-2-10-24-14)20-21-17(22)25-11-15(23)19-13-6-4-12(5-7-13)8-9-18/h2-7,10H,8,11H2,1H3,(H,19,23). The minimum atomic E-state index is -0.138. The maximum Gasteiger partial charge on any atom is 0.234 e. The van der Waals surface area contributed by atoms with E-state index in [2.05, 4.69) is 21.6 Å². The molecular weight excluding hydrogens is 338 g/mol. The van der Waals surface area contributed by atoms with E-state index in [1.54, 1.807) is 35.1 Å². The first-order chi connectivity index (χ1) is 12.2. The van der Waals surface area contributed by atoms with E-state index in [9.17, 15) is 4.79 Å². The van der Waals surface area contributed by atoms with Crippen molar-refractivity contribution in [1.82, 2.24) is 14.8 Å². The summed E-state index contributed by atoms with van der Waals surface area (Å²) in [5.41, 5.74) is 1.61. The highest BCUT2D eigenvalue weighted by atomic mass is 32.2. The minimum absolute atomic E-state index is 0.138. The molecular formula is C17H15N5O2S. The van der Waals surface area contributed by atoms with Crippen LogP contribution in [0.3, 0.4) is 0 Å². The van der Waals surface area contributed by atoms with Gasteiger partial charge in [-0.1, -0.05) is 23.9 Å². The fraction of sp³-hybridized carbons (Fsp3) is 0.176. The van der Waals surface area contributed by atoms with Crippen molar-refractivity contribution in [2.45, 2.75) is 11.6 Å². The number of nitriles is 1. The smallest absolute Gasteiger partial charge is 0.234 e. The second-order valence-electron chi connectivity index (χ2n) is 5.21. The van der Waals surface area contributed by atoms with Gasteiger partial charge in [0.2, 0.25) is 5.91 Å². The van der Waals surface area contributed by atoms with Crippen LogP contribution in [0.4, 0.5) is 5.69 Å². The van der Waals surface area contributed by atoms with Crippen molar-refractivity contribution in [2.24, 2.45) is 7.05 Å². The first-order valence-corrected chi connectivity index (χ1v) is 8.47. The van der Waals surface area contributed by atoms with Gasteiger partial charge in [-0.2, -0.15) is 5.26 Å². The molecule has 0 aliphatic heterocycles. The highest BCUT2D eigenvalue weighted by molar-refractivity contribution is 7.99. The van der Waals surface area contributed by atoms with Crippen molar-refractivity contribution in [3.05, 3.63) is 48.2 Å². The molecule has 2 heterocycles. The molecule has 0 bridgehead atoms. The number of anilines is 1. The van der Waals surface area contributed by atoms with Gasteiger partial charge in [0.25, 0.3) is 0 Å². The number of thioether (sulfide) groups is 1. The van der Waals surface area contributed by atoms with Crippen molar-refractivity contribution in [2.75, 3.05) is 11.1 Å². The number of amides is 1. The van der Waals surface area contributed by atoms with Gasteiger partial charge in [-0.3, -0.25) is 4.79 Å². The summed E-state index contributed by atoms with van der Waals surface area (Å²) >= 11 is 1.30. The quantitative estimate of drug-likeness (QED) is 0.685. The molecule has 3 rings (SSSR count).